The first-order chi connectivity index (χ1) is 12.6. The van der Waals surface area contributed by atoms with E-state index in [9.17, 15) is 14.0 Å². The van der Waals surface area contributed by atoms with E-state index in [1.807, 2.05) is 6.07 Å². The molecule has 0 radical (unpaired) electrons. The molecule has 1 unspecified atom stereocenters. The van der Waals surface area contributed by atoms with Crippen LogP contribution in [0.5, 0.6) is 5.88 Å². The minimum atomic E-state index is -0.955. The Morgan fingerprint density at radius 1 is 1.38 bits per heavy atom. The molecule has 0 aliphatic carbocycles. The van der Waals surface area contributed by atoms with Crippen molar-refractivity contribution >= 4 is 5.91 Å². The molecule has 2 aliphatic rings. The van der Waals surface area contributed by atoms with E-state index in [-0.39, 0.29) is 31.2 Å². The lowest BCUT2D eigenvalue weighted by molar-refractivity contribution is -0.142. The monoisotopic (exact) mass is 361 g/mol. The Labute approximate surface area is 149 Å². The van der Waals surface area contributed by atoms with Gasteiger partial charge in [-0.25, -0.2) is 18.9 Å². The summed E-state index contributed by atoms with van der Waals surface area (Å²) in [5, 5.41) is 4.40. The molecular formula is C17H20FN5O3. The van der Waals surface area contributed by atoms with E-state index in [1.165, 1.54) is 21.3 Å². The molecule has 1 atom stereocenters. The van der Waals surface area contributed by atoms with Crippen LogP contribution in [-0.4, -0.2) is 56.5 Å². The lowest BCUT2D eigenvalue weighted by atomic mass is 10.0. The summed E-state index contributed by atoms with van der Waals surface area (Å²) in [6, 6.07) is 2.96. The fourth-order valence-electron chi connectivity index (χ4n) is 3.48. The summed E-state index contributed by atoms with van der Waals surface area (Å²) in [5.74, 6) is 0.919. The Bertz CT molecular complexity index is 870. The molecule has 4 heterocycles. The molecule has 2 aliphatic heterocycles. The van der Waals surface area contributed by atoms with Crippen molar-refractivity contribution < 1.29 is 13.9 Å². The quantitative estimate of drug-likeness (QED) is 0.795. The minimum Gasteiger partial charge on any atom is -0.481 e. The number of halogens is 1. The number of carbonyl (C=O) groups excluding carboxylic acids is 1. The lowest BCUT2D eigenvalue weighted by Gasteiger charge is -2.37. The molecule has 0 N–H and O–H groups in total. The predicted octanol–water partition coefficient (Wildman–Crippen LogP) is 0.554. The zero-order valence-electron chi connectivity index (χ0n) is 14.5. The second-order valence-corrected chi connectivity index (χ2v) is 6.68. The van der Waals surface area contributed by atoms with Crippen LogP contribution in [0.2, 0.25) is 0 Å². The summed E-state index contributed by atoms with van der Waals surface area (Å²) >= 11 is 0. The van der Waals surface area contributed by atoms with Gasteiger partial charge in [0.05, 0.1) is 26.7 Å². The molecule has 8 nitrogen and oxygen atoms in total. The molecule has 1 fully saturated rings. The van der Waals surface area contributed by atoms with E-state index in [1.54, 1.807) is 12.3 Å². The maximum atomic E-state index is 13.1. The minimum absolute atomic E-state index is 0.116. The fourth-order valence-corrected chi connectivity index (χ4v) is 3.48. The number of hydrogen-bond donors (Lipinski definition) is 0. The molecule has 2 aromatic heterocycles. The average Bonchev–Trinajstić information content (AvgIpc) is 2.95. The van der Waals surface area contributed by atoms with Crippen molar-refractivity contribution in [3.63, 3.8) is 0 Å². The summed E-state index contributed by atoms with van der Waals surface area (Å²) < 4.78 is 20.9. The first-order valence-electron chi connectivity index (χ1n) is 8.67. The van der Waals surface area contributed by atoms with Crippen molar-refractivity contribution in [2.24, 2.45) is 0 Å². The lowest BCUT2D eigenvalue weighted by Crippen LogP contribution is -2.54. The van der Waals surface area contributed by atoms with Crippen LogP contribution >= 0.6 is 0 Å². The van der Waals surface area contributed by atoms with Gasteiger partial charge in [0.15, 0.2) is 0 Å². The number of carbonyl (C=O) groups is 1. The van der Waals surface area contributed by atoms with Crippen molar-refractivity contribution in [3.8, 4) is 5.88 Å². The van der Waals surface area contributed by atoms with Gasteiger partial charge in [0.1, 0.15) is 18.0 Å². The number of hydrogen-bond acceptors (Lipinski definition) is 5. The molecule has 138 valence electrons. The number of likely N-dealkylation sites (tertiary alicyclic amines) is 1. The Hall–Kier alpha value is -2.71. The average molecular weight is 361 g/mol. The molecule has 0 spiro atoms. The maximum Gasteiger partial charge on any atom is 0.346 e. The van der Waals surface area contributed by atoms with E-state index in [0.29, 0.717) is 24.5 Å². The van der Waals surface area contributed by atoms with E-state index in [4.69, 9.17) is 4.74 Å². The number of ether oxygens (including phenoxy) is 1. The molecule has 9 heteroatoms. The Balaban J connectivity index is 1.59. The number of nitrogens with zero attached hydrogens (tertiary/aromatic N) is 5. The number of aryl methyl sites for hydroxylation is 1. The number of pyridine rings is 1. The largest absolute Gasteiger partial charge is 0.481 e. The van der Waals surface area contributed by atoms with E-state index >= 15 is 0 Å². The maximum absolute atomic E-state index is 13.1. The van der Waals surface area contributed by atoms with Gasteiger partial charge in [-0.15, -0.1) is 0 Å². The van der Waals surface area contributed by atoms with Gasteiger partial charge in [-0.1, -0.05) is 6.07 Å². The number of amides is 1. The highest BCUT2D eigenvalue weighted by Crippen LogP contribution is 2.26. The molecule has 0 aromatic carbocycles. The summed E-state index contributed by atoms with van der Waals surface area (Å²) in [5.41, 5.74) is 0.500. The van der Waals surface area contributed by atoms with Gasteiger partial charge >= 0.3 is 5.69 Å². The second-order valence-electron chi connectivity index (χ2n) is 6.68. The van der Waals surface area contributed by atoms with Gasteiger partial charge in [0.2, 0.25) is 11.8 Å². The first-order valence-corrected chi connectivity index (χ1v) is 8.67. The highest BCUT2D eigenvalue weighted by atomic mass is 19.1. The number of rotatable bonds is 4. The number of aromatic nitrogens is 4. The summed E-state index contributed by atoms with van der Waals surface area (Å²) in [6.07, 6.45) is 2.69. The summed E-state index contributed by atoms with van der Waals surface area (Å²) in [4.78, 5) is 31.0. The van der Waals surface area contributed by atoms with Crippen LogP contribution in [0.15, 0.2) is 23.1 Å². The Morgan fingerprint density at radius 3 is 2.85 bits per heavy atom. The highest BCUT2D eigenvalue weighted by Gasteiger charge is 2.38. The smallest absolute Gasteiger partial charge is 0.346 e. The third kappa shape index (κ3) is 2.87. The zero-order chi connectivity index (χ0) is 18.3. The van der Waals surface area contributed by atoms with Crippen LogP contribution in [-0.2, 0) is 17.8 Å². The van der Waals surface area contributed by atoms with Crippen molar-refractivity contribution in [1.82, 2.24) is 24.2 Å². The van der Waals surface area contributed by atoms with Gasteiger partial charge < -0.3 is 9.64 Å². The molecule has 0 bridgehead atoms. The summed E-state index contributed by atoms with van der Waals surface area (Å²) in [6.45, 7) is 0.503. The van der Waals surface area contributed by atoms with Gasteiger partial charge in [0.25, 0.3) is 0 Å². The van der Waals surface area contributed by atoms with E-state index < -0.39 is 12.2 Å². The van der Waals surface area contributed by atoms with Crippen molar-refractivity contribution in [1.29, 1.82) is 0 Å². The normalized spacial score (nSPS) is 19.8. The fraction of sp³-hybridized carbons (Fsp3) is 0.529. The van der Waals surface area contributed by atoms with Crippen molar-refractivity contribution in [2.45, 2.75) is 38.0 Å². The van der Waals surface area contributed by atoms with Gasteiger partial charge in [-0.2, -0.15) is 5.10 Å². The number of methoxy groups -OCH3 is 1. The van der Waals surface area contributed by atoms with Crippen molar-refractivity contribution in [2.75, 3.05) is 20.2 Å². The molecule has 1 saturated heterocycles. The Morgan fingerprint density at radius 2 is 2.19 bits per heavy atom. The van der Waals surface area contributed by atoms with Crippen LogP contribution in [0, 0.1) is 0 Å². The highest BCUT2D eigenvalue weighted by molar-refractivity contribution is 5.81. The van der Waals surface area contributed by atoms with Crippen molar-refractivity contribution in [3.05, 3.63) is 40.2 Å². The van der Waals surface area contributed by atoms with Gasteiger partial charge in [-0.05, 0) is 18.4 Å². The Kier molecular flexibility index (Phi) is 4.21. The number of fused-ring (bicyclic) bond motifs is 1. The third-order valence-corrected chi connectivity index (χ3v) is 4.90. The second kappa shape index (κ2) is 6.54. The predicted molar refractivity (Wildman–Crippen MR) is 89.8 cm³/mol. The van der Waals surface area contributed by atoms with E-state index in [2.05, 4.69) is 10.1 Å². The van der Waals surface area contributed by atoms with Crippen LogP contribution in [0.25, 0.3) is 0 Å². The molecule has 0 saturated carbocycles. The van der Waals surface area contributed by atoms with Crippen LogP contribution in [0.4, 0.5) is 4.39 Å². The zero-order valence-corrected chi connectivity index (χ0v) is 14.5. The molecule has 26 heavy (non-hydrogen) atoms. The molecule has 1 amide bonds. The molecular weight excluding hydrogens is 341 g/mol. The van der Waals surface area contributed by atoms with Crippen LogP contribution in [0.1, 0.15) is 30.3 Å². The van der Waals surface area contributed by atoms with Gasteiger partial charge in [-0.3, -0.25) is 9.36 Å². The standard InChI is InChI=1S/C17H20FN5O3/c1-26-15-6-5-11(7-19-15)8-22-17(25)23-13(3-2-4-14(23)20-22)16(24)21-9-12(18)10-21/h5-7,12-13H,2-4,8-10H2,1H3. The third-order valence-electron chi connectivity index (χ3n) is 4.90. The van der Waals surface area contributed by atoms with Gasteiger partial charge in [0, 0.05) is 18.7 Å². The topological polar surface area (TPSA) is 82.2 Å². The van der Waals surface area contributed by atoms with E-state index in [0.717, 1.165) is 12.0 Å². The number of alkyl halides is 1. The summed E-state index contributed by atoms with van der Waals surface area (Å²) in [7, 11) is 1.54. The van der Waals surface area contributed by atoms with Crippen LogP contribution < -0.4 is 10.4 Å². The SMILES string of the molecule is COc1ccc(Cn2nc3n(c2=O)C(C(=O)N2CC(F)C2)CCC3)cn1. The first kappa shape index (κ1) is 16.7. The molecule has 4 rings (SSSR count). The van der Waals surface area contributed by atoms with Crippen LogP contribution in [0.3, 0.4) is 0 Å². The molecule has 2 aromatic rings.